The lowest BCUT2D eigenvalue weighted by Gasteiger charge is -2.21. The van der Waals surface area contributed by atoms with Crippen LogP contribution in [-0.4, -0.2) is 0 Å². The van der Waals surface area contributed by atoms with Crippen LogP contribution in [0.4, 0.5) is 8.78 Å². The van der Waals surface area contributed by atoms with Crippen LogP contribution in [0.3, 0.4) is 0 Å². The quantitative estimate of drug-likeness (QED) is 0.804. The Morgan fingerprint density at radius 3 is 2.19 bits per heavy atom. The van der Waals surface area contributed by atoms with Crippen LogP contribution in [0.15, 0.2) is 36.4 Å². The summed E-state index contributed by atoms with van der Waals surface area (Å²) in [6.45, 7) is 5.35. The van der Waals surface area contributed by atoms with E-state index < -0.39 is 5.82 Å². The monoisotopic (exact) mass is 309 g/mol. The van der Waals surface area contributed by atoms with Gasteiger partial charge in [-0.25, -0.2) is 8.78 Å². The summed E-state index contributed by atoms with van der Waals surface area (Å²) < 4.78 is 27.6. The summed E-state index contributed by atoms with van der Waals surface area (Å²) >= 11 is 5.86. The number of halogens is 3. The first-order chi connectivity index (χ1) is 9.88. The van der Waals surface area contributed by atoms with E-state index in [0.29, 0.717) is 16.1 Å². The minimum Gasteiger partial charge on any atom is -0.304 e. The predicted octanol–water partition coefficient (Wildman–Crippen LogP) is 5.34. The van der Waals surface area contributed by atoms with Gasteiger partial charge >= 0.3 is 0 Å². The third-order valence-corrected chi connectivity index (χ3v) is 3.87. The number of rotatable bonds is 4. The second-order valence-electron chi connectivity index (χ2n) is 5.28. The molecule has 0 heterocycles. The molecule has 1 nitrogen and oxygen atoms in total. The lowest BCUT2D eigenvalue weighted by molar-refractivity contribution is 0.469. The van der Waals surface area contributed by atoms with Crippen molar-refractivity contribution in [2.24, 2.45) is 0 Å². The Hall–Kier alpha value is -1.45. The molecule has 0 aliphatic heterocycles. The van der Waals surface area contributed by atoms with Crippen LogP contribution in [0.1, 0.15) is 42.6 Å². The number of hydrogen-bond acceptors (Lipinski definition) is 1. The van der Waals surface area contributed by atoms with E-state index in [-0.39, 0.29) is 17.9 Å². The fourth-order valence-corrected chi connectivity index (χ4v) is 2.43. The molecule has 0 aliphatic carbocycles. The fourth-order valence-electron chi connectivity index (χ4n) is 2.31. The molecule has 2 aromatic rings. The molecule has 0 saturated carbocycles. The van der Waals surface area contributed by atoms with Crippen molar-refractivity contribution >= 4 is 11.6 Å². The summed E-state index contributed by atoms with van der Waals surface area (Å²) in [7, 11) is 0. The molecule has 21 heavy (non-hydrogen) atoms. The second kappa shape index (κ2) is 6.54. The summed E-state index contributed by atoms with van der Waals surface area (Å²) in [4.78, 5) is 0. The van der Waals surface area contributed by atoms with Gasteiger partial charge in [-0.3, -0.25) is 0 Å². The largest absolute Gasteiger partial charge is 0.304 e. The van der Waals surface area contributed by atoms with E-state index in [0.717, 1.165) is 5.56 Å². The Morgan fingerprint density at radius 2 is 1.57 bits per heavy atom. The first kappa shape index (κ1) is 15.9. The number of aryl methyl sites for hydroxylation is 1. The molecular weight excluding hydrogens is 292 g/mol. The molecule has 1 N–H and O–H groups in total. The van der Waals surface area contributed by atoms with Crippen molar-refractivity contribution in [3.63, 3.8) is 0 Å². The highest BCUT2D eigenvalue weighted by atomic mass is 35.5. The molecular formula is C17H18ClF2N. The van der Waals surface area contributed by atoms with E-state index in [1.165, 1.54) is 12.1 Å². The molecule has 0 aromatic heterocycles. The van der Waals surface area contributed by atoms with E-state index in [1.807, 2.05) is 38.1 Å². The van der Waals surface area contributed by atoms with Crippen LogP contribution in [0, 0.1) is 18.6 Å². The topological polar surface area (TPSA) is 12.0 Å². The molecule has 0 amide bonds. The van der Waals surface area contributed by atoms with Gasteiger partial charge in [0.2, 0.25) is 0 Å². The highest BCUT2D eigenvalue weighted by Gasteiger charge is 2.16. The zero-order valence-electron chi connectivity index (χ0n) is 12.3. The van der Waals surface area contributed by atoms with Gasteiger partial charge in [-0.05, 0) is 56.2 Å². The molecule has 2 unspecified atom stereocenters. The number of nitrogens with one attached hydrogen (secondary N) is 1. The summed E-state index contributed by atoms with van der Waals surface area (Å²) in [5, 5.41) is 3.94. The van der Waals surface area contributed by atoms with Crippen molar-refractivity contribution in [3.8, 4) is 0 Å². The van der Waals surface area contributed by atoms with Crippen molar-refractivity contribution < 1.29 is 8.78 Å². The molecule has 112 valence electrons. The molecule has 2 rings (SSSR count). The maximum Gasteiger partial charge on any atom is 0.128 e. The molecule has 0 saturated heterocycles. The summed E-state index contributed by atoms with van der Waals surface area (Å²) in [6.07, 6.45) is 0. The van der Waals surface area contributed by atoms with Crippen molar-refractivity contribution in [1.82, 2.24) is 5.32 Å². The second-order valence-corrected chi connectivity index (χ2v) is 5.72. The molecule has 0 bridgehead atoms. The van der Waals surface area contributed by atoms with Gasteiger partial charge in [-0.1, -0.05) is 23.7 Å². The fraction of sp³-hybridized carbons (Fsp3) is 0.294. The van der Waals surface area contributed by atoms with Crippen LogP contribution >= 0.6 is 11.6 Å². The maximum absolute atomic E-state index is 14.0. The maximum atomic E-state index is 14.0. The van der Waals surface area contributed by atoms with Crippen molar-refractivity contribution in [3.05, 3.63) is 69.7 Å². The van der Waals surface area contributed by atoms with Gasteiger partial charge < -0.3 is 5.32 Å². The van der Waals surface area contributed by atoms with Crippen LogP contribution in [0.5, 0.6) is 0 Å². The highest BCUT2D eigenvalue weighted by molar-refractivity contribution is 6.30. The van der Waals surface area contributed by atoms with Crippen molar-refractivity contribution in [2.45, 2.75) is 32.9 Å². The van der Waals surface area contributed by atoms with Crippen LogP contribution in [0.25, 0.3) is 0 Å². The first-order valence-corrected chi connectivity index (χ1v) is 7.23. The summed E-state index contributed by atoms with van der Waals surface area (Å²) in [6, 6.07) is 9.65. The van der Waals surface area contributed by atoms with E-state index in [4.69, 9.17) is 11.6 Å². The molecule has 0 fully saturated rings. The normalized spacial score (nSPS) is 14.0. The number of benzene rings is 2. The zero-order chi connectivity index (χ0) is 15.6. The van der Waals surface area contributed by atoms with E-state index in [9.17, 15) is 8.78 Å². The summed E-state index contributed by atoms with van der Waals surface area (Å²) in [5.74, 6) is -0.781. The average Bonchev–Trinajstić information content (AvgIpc) is 2.43. The molecule has 4 heteroatoms. The van der Waals surface area contributed by atoms with Crippen molar-refractivity contribution in [1.29, 1.82) is 0 Å². The zero-order valence-corrected chi connectivity index (χ0v) is 13.0. The highest BCUT2D eigenvalue weighted by Crippen LogP contribution is 2.24. The van der Waals surface area contributed by atoms with Crippen LogP contribution < -0.4 is 5.32 Å². The Morgan fingerprint density at radius 1 is 0.952 bits per heavy atom. The van der Waals surface area contributed by atoms with Gasteiger partial charge in [0.25, 0.3) is 0 Å². The Kier molecular flexibility index (Phi) is 4.96. The summed E-state index contributed by atoms with van der Waals surface area (Å²) in [5.41, 5.74) is 1.69. The van der Waals surface area contributed by atoms with Gasteiger partial charge in [0.15, 0.2) is 0 Å². The van der Waals surface area contributed by atoms with E-state index >= 15 is 0 Å². The average molecular weight is 310 g/mol. The lowest BCUT2D eigenvalue weighted by atomic mass is 10.0. The van der Waals surface area contributed by atoms with Crippen LogP contribution in [-0.2, 0) is 0 Å². The standard InChI is InChI=1S/C17H18ClF2N/c1-10-8-17(20)15(9-16(10)19)12(3)21-11(2)13-4-6-14(18)7-5-13/h4-9,11-12,21H,1-3H3. The third kappa shape index (κ3) is 3.80. The van der Waals surface area contributed by atoms with Crippen LogP contribution in [0.2, 0.25) is 5.02 Å². The first-order valence-electron chi connectivity index (χ1n) is 6.85. The molecule has 0 aliphatic rings. The van der Waals surface area contributed by atoms with Crippen molar-refractivity contribution in [2.75, 3.05) is 0 Å². The number of hydrogen-bond donors (Lipinski definition) is 1. The molecule has 2 aromatic carbocycles. The minimum atomic E-state index is -0.391. The Labute approximate surface area is 128 Å². The molecule has 2 atom stereocenters. The predicted molar refractivity (Wildman–Crippen MR) is 82.5 cm³/mol. The molecule has 0 spiro atoms. The van der Waals surface area contributed by atoms with E-state index in [1.54, 1.807) is 6.92 Å². The Bertz CT molecular complexity index is 625. The van der Waals surface area contributed by atoms with Gasteiger partial charge in [0.05, 0.1) is 0 Å². The SMILES string of the molecule is Cc1cc(F)c(C(C)NC(C)c2ccc(Cl)cc2)cc1F. The van der Waals surface area contributed by atoms with Gasteiger partial charge in [-0.2, -0.15) is 0 Å². The lowest BCUT2D eigenvalue weighted by Crippen LogP contribution is -2.23. The minimum absolute atomic E-state index is 0.000955. The van der Waals surface area contributed by atoms with E-state index in [2.05, 4.69) is 5.32 Å². The Balaban J connectivity index is 2.15. The molecule has 0 radical (unpaired) electrons. The van der Waals surface area contributed by atoms with Gasteiger partial charge in [-0.15, -0.1) is 0 Å². The third-order valence-electron chi connectivity index (χ3n) is 3.61. The van der Waals surface area contributed by atoms with Gasteiger partial charge in [0.1, 0.15) is 11.6 Å². The van der Waals surface area contributed by atoms with Gasteiger partial charge in [0, 0.05) is 22.7 Å². The smallest absolute Gasteiger partial charge is 0.128 e.